The Balaban J connectivity index is 1.60. The molecule has 0 radical (unpaired) electrons. The third kappa shape index (κ3) is 4.01. The molecule has 0 fully saturated rings. The quantitative estimate of drug-likeness (QED) is 0.526. The lowest BCUT2D eigenvalue weighted by atomic mass is 10.2. The number of carboxylic acid groups (broad SMARTS) is 1. The van der Waals surface area contributed by atoms with Gasteiger partial charge in [-0.15, -0.1) is 0 Å². The Morgan fingerprint density at radius 3 is 2.60 bits per heavy atom. The number of para-hydroxylation sites is 1. The number of hydrogen-bond donors (Lipinski definition) is 1. The summed E-state index contributed by atoms with van der Waals surface area (Å²) in [6.45, 7) is 1.30. The van der Waals surface area contributed by atoms with Gasteiger partial charge in [-0.25, -0.2) is 4.79 Å². The average molecular weight is 337 g/mol. The summed E-state index contributed by atoms with van der Waals surface area (Å²) in [4.78, 5) is 10.9. The first-order chi connectivity index (χ1) is 12.2. The van der Waals surface area contributed by atoms with Crippen LogP contribution in [0.5, 0.6) is 5.75 Å². The fourth-order valence-corrected chi connectivity index (χ4v) is 2.62. The number of carbonyl (C=O) groups is 1. The van der Waals surface area contributed by atoms with Crippen LogP contribution in [-0.4, -0.2) is 29.4 Å². The summed E-state index contributed by atoms with van der Waals surface area (Å²) < 4.78 is 12.7. The van der Waals surface area contributed by atoms with Crippen molar-refractivity contribution in [2.24, 2.45) is 0 Å². The zero-order chi connectivity index (χ0) is 17.6. The van der Waals surface area contributed by atoms with Gasteiger partial charge in [0.25, 0.3) is 0 Å². The van der Waals surface area contributed by atoms with Gasteiger partial charge in [-0.1, -0.05) is 30.3 Å². The van der Waals surface area contributed by atoms with Crippen LogP contribution in [0.25, 0.3) is 17.0 Å². The summed E-state index contributed by atoms with van der Waals surface area (Å²) in [5.74, 6) is -0.460. The summed E-state index contributed by atoms with van der Waals surface area (Å²) in [6, 6.07) is 17.5. The maximum Gasteiger partial charge on any atom is 0.371 e. The molecule has 0 aliphatic heterocycles. The molecular formula is C20H19NO4. The molecule has 0 saturated carbocycles. The van der Waals surface area contributed by atoms with Gasteiger partial charge in [0.1, 0.15) is 12.4 Å². The van der Waals surface area contributed by atoms with Gasteiger partial charge < -0.3 is 19.1 Å². The van der Waals surface area contributed by atoms with Crippen molar-refractivity contribution in [3.63, 3.8) is 0 Å². The van der Waals surface area contributed by atoms with Gasteiger partial charge in [-0.05, 0) is 41.3 Å². The van der Waals surface area contributed by atoms with E-state index in [4.69, 9.17) is 14.6 Å². The molecule has 1 heterocycles. The molecular weight excluding hydrogens is 318 g/mol. The van der Waals surface area contributed by atoms with Gasteiger partial charge >= 0.3 is 5.97 Å². The van der Waals surface area contributed by atoms with E-state index in [1.54, 1.807) is 12.1 Å². The van der Waals surface area contributed by atoms with Crippen molar-refractivity contribution in [3.8, 4) is 5.75 Å². The lowest BCUT2D eigenvalue weighted by molar-refractivity contribution is -0.135. The van der Waals surface area contributed by atoms with E-state index in [0.29, 0.717) is 6.61 Å². The molecule has 0 amide bonds. The van der Waals surface area contributed by atoms with Crippen molar-refractivity contribution in [2.75, 3.05) is 13.7 Å². The summed E-state index contributed by atoms with van der Waals surface area (Å²) in [6.07, 6.45) is 3.53. The Kier molecular flexibility index (Phi) is 5.04. The first kappa shape index (κ1) is 16.6. The molecule has 0 unspecified atom stereocenters. The van der Waals surface area contributed by atoms with Crippen molar-refractivity contribution in [3.05, 3.63) is 72.1 Å². The van der Waals surface area contributed by atoms with Gasteiger partial charge in [0.2, 0.25) is 5.76 Å². The topological polar surface area (TPSA) is 60.7 Å². The molecule has 25 heavy (non-hydrogen) atoms. The van der Waals surface area contributed by atoms with E-state index in [1.165, 1.54) is 24.1 Å². The SMILES string of the molecule is CO/C(=C\c1ccc(OCCn2ccc3ccccc32)cc1)C(=O)O. The first-order valence-corrected chi connectivity index (χ1v) is 7.93. The molecule has 3 aromatic rings. The monoisotopic (exact) mass is 337 g/mol. The number of aliphatic carboxylic acids is 1. The minimum absolute atomic E-state index is 0.104. The maximum absolute atomic E-state index is 10.9. The summed E-state index contributed by atoms with van der Waals surface area (Å²) in [5, 5.41) is 10.2. The molecule has 5 heteroatoms. The van der Waals surface area contributed by atoms with Gasteiger partial charge in [0.05, 0.1) is 13.7 Å². The van der Waals surface area contributed by atoms with E-state index in [1.807, 2.05) is 24.3 Å². The molecule has 0 spiro atoms. The minimum atomic E-state index is -1.10. The number of hydrogen-bond acceptors (Lipinski definition) is 3. The molecule has 0 atom stereocenters. The van der Waals surface area contributed by atoms with Crippen LogP contribution in [0.4, 0.5) is 0 Å². The van der Waals surface area contributed by atoms with Crippen LogP contribution in [0.2, 0.25) is 0 Å². The molecule has 1 N–H and O–H groups in total. The number of fused-ring (bicyclic) bond motifs is 1. The number of carboxylic acids is 1. The highest BCUT2D eigenvalue weighted by Crippen LogP contribution is 2.17. The second kappa shape index (κ2) is 7.57. The van der Waals surface area contributed by atoms with Gasteiger partial charge in [-0.3, -0.25) is 0 Å². The van der Waals surface area contributed by atoms with Crippen molar-refractivity contribution in [1.82, 2.24) is 4.57 Å². The zero-order valence-electron chi connectivity index (χ0n) is 13.9. The molecule has 0 bridgehead atoms. The van der Waals surface area contributed by atoms with Gasteiger partial charge in [0, 0.05) is 11.7 Å². The Morgan fingerprint density at radius 2 is 1.88 bits per heavy atom. The number of ether oxygens (including phenoxy) is 2. The lowest BCUT2D eigenvalue weighted by Gasteiger charge is -2.09. The number of rotatable bonds is 7. The molecule has 5 nitrogen and oxygen atoms in total. The molecule has 0 aliphatic carbocycles. The van der Waals surface area contributed by atoms with Crippen LogP contribution in [0.3, 0.4) is 0 Å². The normalized spacial score (nSPS) is 11.5. The van der Waals surface area contributed by atoms with Crippen LogP contribution in [0, 0.1) is 0 Å². The predicted octanol–water partition coefficient (Wildman–Crippen LogP) is 3.79. The largest absolute Gasteiger partial charge is 0.492 e. The Labute approximate surface area is 145 Å². The van der Waals surface area contributed by atoms with Crippen LogP contribution in [0.15, 0.2) is 66.6 Å². The summed E-state index contributed by atoms with van der Waals surface area (Å²) in [7, 11) is 1.34. The summed E-state index contributed by atoms with van der Waals surface area (Å²) in [5.41, 5.74) is 1.93. The fourth-order valence-electron chi connectivity index (χ4n) is 2.62. The standard InChI is InChI=1S/C20H19NO4/c1-24-19(20(22)23)14-15-6-8-17(9-7-15)25-13-12-21-11-10-16-4-2-3-5-18(16)21/h2-11,14H,12-13H2,1H3,(H,22,23)/b19-14-. The molecule has 0 saturated heterocycles. The molecule has 128 valence electrons. The van der Waals surface area contributed by atoms with Gasteiger partial charge in [-0.2, -0.15) is 0 Å². The van der Waals surface area contributed by atoms with E-state index in [9.17, 15) is 4.79 Å². The second-order valence-corrected chi connectivity index (χ2v) is 5.50. The first-order valence-electron chi connectivity index (χ1n) is 7.93. The van der Waals surface area contributed by atoms with Crippen LogP contribution in [-0.2, 0) is 16.1 Å². The zero-order valence-corrected chi connectivity index (χ0v) is 13.9. The molecule has 2 aromatic carbocycles. The van der Waals surface area contributed by atoms with E-state index in [0.717, 1.165) is 17.9 Å². The number of aromatic nitrogens is 1. The van der Waals surface area contributed by atoms with Crippen LogP contribution < -0.4 is 4.74 Å². The summed E-state index contributed by atoms with van der Waals surface area (Å²) >= 11 is 0. The highest BCUT2D eigenvalue weighted by Gasteiger charge is 2.06. The number of methoxy groups -OCH3 is 1. The average Bonchev–Trinajstić information content (AvgIpc) is 3.04. The maximum atomic E-state index is 10.9. The second-order valence-electron chi connectivity index (χ2n) is 5.50. The van der Waals surface area contributed by atoms with Crippen molar-refractivity contribution in [2.45, 2.75) is 6.54 Å². The number of benzene rings is 2. The Hall–Kier alpha value is -3.21. The van der Waals surface area contributed by atoms with Crippen molar-refractivity contribution in [1.29, 1.82) is 0 Å². The van der Waals surface area contributed by atoms with Crippen molar-refractivity contribution < 1.29 is 19.4 Å². The molecule has 1 aromatic heterocycles. The smallest absolute Gasteiger partial charge is 0.371 e. The van der Waals surface area contributed by atoms with Gasteiger partial charge in [0.15, 0.2) is 0 Å². The fraction of sp³-hybridized carbons (Fsp3) is 0.150. The highest BCUT2D eigenvalue weighted by molar-refractivity contribution is 5.89. The van der Waals surface area contributed by atoms with E-state index < -0.39 is 5.97 Å². The molecule has 3 rings (SSSR count). The highest BCUT2D eigenvalue weighted by atomic mass is 16.5. The Morgan fingerprint density at radius 1 is 1.12 bits per heavy atom. The lowest BCUT2D eigenvalue weighted by Crippen LogP contribution is -2.07. The van der Waals surface area contributed by atoms with Crippen LogP contribution in [0.1, 0.15) is 5.56 Å². The van der Waals surface area contributed by atoms with E-state index in [-0.39, 0.29) is 5.76 Å². The number of nitrogens with zero attached hydrogens (tertiary/aromatic N) is 1. The van der Waals surface area contributed by atoms with Crippen LogP contribution >= 0.6 is 0 Å². The third-order valence-corrected chi connectivity index (χ3v) is 3.89. The Bertz CT molecular complexity index is 893. The molecule has 0 aliphatic rings. The predicted molar refractivity (Wildman–Crippen MR) is 96.5 cm³/mol. The minimum Gasteiger partial charge on any atom is -0.492 e. The van der Waals surface area contributed by atoms with E-state index >= 15 is 0 Å². The van der Waals surface area contributed by atoms with E-state index in [2.05, 4.69) is 29.0 Å². The third-order valence-electron chi connectivity index (χ3n) is 3.89. The van der Waals surface area contributed by atoms with Crippen molar-refractivity contribution >= 4 is 22.9 Å².